The second-order valence-electron chi connectivity index (χ2n) is 4.98. The first-order valence-electron chi connectivity index (χ1n) is 6.86. The van der Waals surface area contributed by atoms with Crippen LogP contribution in [0.25, 0.3) is 0 Å². The molecule has 1 fully saturated rings. The van der Waals surface area contributed by atoms with E-state index >= 15 is 0 Å². The molecule has 3 nitrogen and oxygen atoms in total. The molecule has 1 heterocycles. The number of hydrogen-bond donors (Lipinski definition) is 1. The van der Waals surface area contributed by atoms with Gasteiger partial charge in [0.25, 0.3) is 0 Å². The Kier molecular flexibility index (Phi) is 5.08. The Morgan fingerprint density at radius 3 is 2.71 bits per heavy atom. The minimum absolute atomic E-state index is 0.814. The SMILES string of the molecule is NCCCCCCN(Cc1ccco1)C1CC1. The molecule has 1 aliphatic rings. The van der Waals surface area contributed by atoms with E-state index in [0.717, 1.165) is 24.9 Å². The molecule has 3 heteroatoms. The number of hydrogen-bond acceptors (Lipinski definition) is 3. The highest BCUT2D eigenvalue weighted by molar-refractivity contribution is 4.99. The second-order valence-corrected chi connectivity index (χ2v) is 4.98. The van der Waals surface area contributed by atoms with Crippen LogP contribution in [0.3, 0.4) is 0 Å². The van der Waals surface area contributed by atoms with E-state index in [1.807, 2.05) is 6.07 Å². The van der Waals surface area contributed by atoms with E-state index in [2.05, 4.69) is 11.0 Å². The van der Waals surface area contributed by atoms with Crippen LogP contribution in [0.5, 0.6) is 0 Å². The van der Waals surface area contributed by atoms with Gasteiger partial charge in [-0.15, -0.1) is 0 Å². The highest BCUT2D eigenvalue weighted by Crippen LogP contribution is 2.28. The fraction of sp³-hybridized carbons (Fsp3) is 0.714. The van der Waals surface area contributed by atoms with Crippen molar-refractivity contribution in [3.63, 3.8) is 0 Å². The first-order valence-corrected chi connectivity index (χ1v) is 6.86. The maximum Gasteiger partial charge on any atom is 0.117 e. The lowest BCUT2D eigenvalue weighted by Crippen LogP contribution is -2.26. The molecule has 1 saturated carbocycles. The van der Waals surface area contributed by atoms with Gasteiger partial charge in [-0.25, -0.2) is 0 Å². The second kappa shape index (κ2) is 6.82. The summed E-state index contributed by atoms with van der Waals surface area (Å²) in [7, 11) is 0. The van der Waals surface area contributed by atoms with Crippen molar-refractivity contribution in [1.29, 1.82) is 0 Å². The van der Waals surface area contributed by atoms with Crippen molar-refractivity contribution >= 4 is 0 Å². The van der Waals surface area contributed by atoms with Crippen LogP contribution in [-0.4, -0.2) is 24.0 Å². The standard InChI is InChI=1S/C14H24N2O/c15-9-3-1-2-4-10-16(13-7-8-13)12-14-6-5-11-17-14/h5-6,11,13H,1-4,7-10,12,15H2. The molecule has 17 heavy (non-hydrogen) atoms. The molecule has 1 aromatic heterocycles. The van der Waals surface area contributed by atoms with Crippen LogP contribution in [0.15, 0.2) is 22.8 Å². The molecule has 0 radical (unpaired) electrons. The Balaban J connectivity index is 1.66. The van der Waals surface area contributed by atoms with Crippen LogP contribution in [0.1, 0.15) is 44.3 Å². The lowest BCUT2D eigenvalue weighted by Gasteiger charge is -2.20. The lowest BCUT2D eigenvalue weighted by atomic mass is 10.2. The molecule has 1 aromatic rings. The van der Waals surface area contributed by atoms with Crippen LogP contribution in [0, 0.1) is 0 Å². The summed E-state index contributed by atoms with van der Waals surface area (Å²) in [6.45, 7) is 3.02. The first kappa shape index (κ1) is 12.7. The highest BCUT2D eigenvalue weighted by atomic mass is 16.3. The molecule has 0 spiro atoms. The van der Waals surface area contributed by atoms with Gasteiger partial charge < -0.3 is 10.2 Å². The summed E-state index contributed by atoms with van der Waals surface area (Å²) in [5, 5.41) is 0. The average Bonchev–Trinajstić information content (AvgIpc) is 3.06. The van der Waals surface area contributed by atoms with Gasteiger partial charge in [-0.3, -0.25) is 4.90 Å². The topological polar surface area (TPSA) is 42.4 Å². The van der Waals surface area contributed by atoms with Gasteiger partial charge in [0, 0.05) is 6.04 Å². The largest absolute Gasteiger partial charge is 0.468 e. The van der Waals surface area contributed by atoms with E-state index in [0.29, 0.717) is 0 Å². The van der Waals surface area contributed by atoms with E-state index in [4.69, 9.17) is 10.2 Å². The van der Waals surface area contributed by atoms with Crippen molar-refractivity contribution < 1.29 is 4.42 Å². The fourth-order valence-corrected chi connectivity index (χ4v) is 2.25. The molecule has 0 amide bonds. The maximum absolute atomic E-state index is 5.50. The van der Waals surface area contributed by atoms with Crippen molar-refractivity contribution in [2.75, 3.05) is 13.1 Å². The quantitative estimate of drug-likeness (QED) is 0.670. The van der Waals surface area contributed by atoms with Gasteiger partial charge in [0.05, 0.1) is 12.8 Å². The molecule has 1 aliphatic carbocycles. The van der Waals surface area contributed by atoms with Crippen LogP contribution < -0.4 is 5.73 Å². The Labute approximate surface area is 104 Å². The number of furan rings is 1. The molecular weight excluding hydrogens is 212 g/mol. The summed E-state index contributed by atoms with van der Waals surface area (Å²) < 4.78 is 5.43. The smallest absolute Gasteiger partial charge is 0.117 e. The van der Waals surface area contributed by atoms with E-state index < -0.39 is 0 Å². The third-order valence-corrected chi connectivity index (χ3v) is 3.40. The van der Waals surface area contributed by atoms with E-state index in [1.165, 1.54) is 45.1 Å². The maximum atomic E-state index is 5.50. The Morgan fingerprint density at radius 1 is 1.24 bits per heavy atom. The Bertz CT molecular complexity index is 293. The van der Waals surface area contributed by atoms with Crippen molar-refractivity contribution in [2.24, 2.45) is 5.73 Å². The zero-order chi connectivity index (χ0) is 11.9. The monoisotopic (exact) mass is 236 g/mol. The van der Waals surface area contributed by atoms with E-state index in [9.17, 15) is 0 Å². The van der Waals surface area contributed by atoms with Crippen LogP contribution in [0.4, 0.5) is 0 Å². The van der Waals surface area contributed by atoms with Crippen LogP contribution in [-0.2, 0) is 6.54 Å². The summed E-state index contributed by atoms with van der Waals surface area (Å²) in [5.74, 6) is 1.10. The molecule has 0 unspecified atom stereocenters. The molecule has 0 aliphatic heterocycles. The predicted octanol–water partition coefficient (Wildman–Crippen LogP) is 2.76. The summed E-state index contributed by atoms with van der Waals surface area (Å²) in [4.78, 5) is 2.57. The zero-order valence-corrected chi connectivity index (χ0v) is 10.6. The van der Waals surface area contributed by atoms with Crippen molar-refractivity contribution in [2.45, 2.75) is 51.1 Å². The molecule has 0 bridgehead atoms. The van der Waals surface area contributed by atoms with Gasteiger partial charge in [0.1, 0.15) is 5.76 Å². The molecule has 96 valence electrons. The number of unbranched alkanes of at least 4 members (excludes halogenated alkanes) is 3. The minimum Gasteiger partial charge on any atom is -0.468 e. The molecule has 0 aromatic carbocycles. The molecule has 2 N–H and O–H groups in total. The van der Waals surface area contributed by atoms with Gasteiger partial charge in [0.2, 0.25) is 0 Å². The fourth-order valence-electron chi connectivity index (χ4n) is 2.25. The van der Waals surface area contributed by atoms with Gasteiger partial charge in [0.15, 0.2) is 0 Å². The number of nitrogens with zero attached hydrogens (tertiary/aromatic N) is 1. The summed E-state index contributed by atoms with van der Waals surface area (Å²) in [6.07, 6.45) is 9.53. The normalized spacial score (nSPS) is 15.6. The first-order chi connectivity index (χ1) is 8.40. The Hall–Kier alpha value is -0.800. The van der Waals surface area contributed by atoms with Gasteiger partial charge >= 0.3 is 0 Å². The van der Waals surface area contributed by atoms with Crippen LogP contribution in [0.2, 0.25) is 0 Å². The lowest BCUT2D eigenvalue weighted by molar-refractivity contribution is 0.228. The molecule has 0 atom stereocenters. The summed E-state index contributed by atoms with van der Waals surface area (Å²) in [5.41, 5.74) is 5.50. The van der Waals surface area contributed by atoms with Gasteiger partial charge in [-0.05, 0) is 50.9 Å². The van der Waals surface area contributed by atoms with E-state index in [1.54, 1.807) is 6.26 Å². The summed E-state index contributed by atoms with van der Waals surface area (Å²) in [6, 6.07) is 4.86. The van der Waals surface area contributed by atoms with Crippen LogP contribution >= 0.6 is 0 Å². The van der Waals surface area contributed by atoms with Crippen molar-refractivity contribution in [3.05, 3.63) is 24.2 Å². The van der Waals surface area contributed by atoms with Crippen molar-refractivity contribution in [1.82, 2.24) is 4.90 Å². The molecular formula is C14H24N2O. The zero-order valence-electron chi connectivity index (χ0n) is 10.6. The average molecular weight is 236 g/mol. The predicted molar refractivity (Wildman–Crippen MR) is 69.7 cm³/mol. The summed E-state index contributed by atoms with van der Waals surface area (Å²) >= 11 is 0. The third-order valence-electron chi connectivity index (χ3n) is 3.40. The molecule has 2 rings (SSSR count). The minimum atomic E-state index is 0.814. The highest BCUT2D eigenvalue weighted by Gasteiger charge is 2.28. The Morgan fingerprint density at radius 2 is 2.06 bits per heavy atom. The van der Waals surface area contributed by atoms with Gasteiger partial charge in [-0.1, -0.05) is 12.8 Å². The molecule has 0 saturated heterocycles. The third kappa shape index (κ3) is 4.52. The van der Waals surface area contributed by atoms with Crippen molar-refractivity contribution in [3.8, 4) is 0 Å². The number of rotatable bonds is 9. The van der Waals surface area contributed by atoms with Gasteiger partial charge in [-0.2, -0.15) is 0 Å². The van der Waals surface area contributed by atoms with E-state index in [-0.39, 0.29) is 0 Å². The number of nitrogens with two attached hydrogens (primary N) is 1.